The van der Waals surface area contributed by atoms with Gasteiger partial charge in [-0.1, -0.05) is 43.3 Å². The molecule has 8 heteroatoms. The third-order valence-corrected chi connectivity index (χ3v) is 7.25. The van der Waals surface area contributed by atoms with Gasteiger partial charge in [0.05, 0.1) is 18.2 Å². The molecule has 1 saturated heterocycles. The summed E-state index contributed by atoms with van der Waals surface area (Å²) < 4.78 is 5.95. The van der Waals surface area contributed by atoms with Gasteiger partial charge in [-0.15, -0.1) is 0 Å². The van der Waals surface area contributed by atoms with E-state index >= 15 is 0 Å². The summed E-state index contributed by atoms with van der Waals surface area (Å²) in [5.74, 6) is 2.10. The normalized spacial score (nSPS) is 22.4. The lowest BCUT2D eigenvalue weighted by Gasteiger charge is -2.35. The van der Waals surface area contributed by atoms with Crippen molar-refractivity contribution in [2.75, 3.05) is 32.8 Å². The molecule has 3 heterocycles. The third kappa shape index (κ3) is 5.70. The highest BCUT2D eigenvalue weighted by Crippen LogP contribution is 2.28. The number of hydrogen-bond donors (Lipinski definition) is 1. The fraction of sp³-hybridized carbons (Fsp3) is 0.483. The van der Waals surface area contributed by atoms with Crippen molar-refractivity contribution in [2.24, 2.45) is 10.1 Å². The highest BCUT2D eigenvalue weighted by Gasteiger charge is 2.42. The van der Waals surface area contributed by atoms with Gasteiger partial charge < -0.3 is 10.1 Å². The first-order valence-corrected chi connectivity index (χ1v) is 13.6. The number of rotatable bonds is 9. The second-order valence-electron chi connectivity index (χ2n) is 10.1. The van der Waals surface area contributed by atoms with Crippen LogP contribution < -0.4 is 10.1 Å². The molecule has 0 aromatic heterocycles. The largest absolute Gasteiger partial charge is 0.493 e. The summed E-state index contributed by atoms with van der Waals surface area (Å²) in [6.07, 6.45) is 1.76. The van der Waals surface area contributed by atoms with Crippen LogP contribution in [0.4, 0.5) is 0 Å². The maximum absolute atomic E-state index is 13.1. The van der Waals surface area contributed by atoms with Crippen LogP contribution in [0, 0.1) is 0 Å². The van der Waals surface area contributed by atoms with Gasteiger partial charge in [-0.3, -0.25) is 19.6 Å². The second-order valence-corrected chi connectivity index (χ2v) is 10.1. The smallest absolute Gasteiger partial charge is 0.252 e. The lowest BCUT2D eigenvalue weighted by molar-refractivity contribution is -0.124. The molecule has 0 bridgehead atoms. The molecule has 2 aromatic carbocycles. The SMILES string of the molecule is CCCC1=NC(C)C2C(=O)NC(c3cc(CN4CCN(Cc5ccccc5)CC4)ccc3OCC)=NN12. The standard InChI is InChI=1S/C29H38N6O2/c1-4-9-26-30-21(3)27-29(36)31-28(32-35(26)27)24-18-23(12-13-25(24)37-5-2)20-34-16-14-33(15-17-34)19-22-10-7-6-8-11-22/h6-8,10-13,18,21,27H,4-5,9,14-17,19-20H2,1-3H3,(H,31,32,36). The van der Waals surface area contributed by atoms with Crippen LogP contribution in [0.25, 0.3) is 0 Å². The van der Waals surface area contributed by atoms with E-state index in [1.54, 1.807) is 0 Å². The average Bonchev–Trinajstić information content (AvgIpc) is 3.22. The van der Waals surface area contributed by atoms with E-state index in [1.165, 1.54) is 11.1 Å². The molecule has 37 heavy (non-hydrogen) atoms. The fourth-order valence-electron chi connectivity index (χ4n) is 5.37. The van der Waals surface area contributed by atoms with E-state index in [4.69, 9.17) is 14.8 Å². The van der Waals surface area contributed by atoms with Crippen LogP contribution in [-0.4, -0.2) is 77.3 Å². The maximum atomic E-state index is 13.1. The molecule has 0 radical (unpaired) electrons. The molecule has 1 amide bonds. The summed E-state index contributed by atoms with van der Waals surface area (Å²) in [5.41, 5.74) is 3.37. The predicted molar refractivity (Wildman–Crippen MR) is 147 cm³/mol. The lowest BCUT2D eigenvalue weighted by atomic mass is 10.1. The Morgan fingerprint density at radius 2 is 1.68 bits per heavy atom. The Morgan fingerprint density at radius 3 is 2.35 bits per heavy atom. The molecule has 0 saturated carbocycles. The van der Waals surface area contributed by atoms with Gasteiger partial charge in [0.15, 0.2) is 11.9 Å². The van der Waals surface area contributed by atoms with E-state index < -0.39 is 0 Å². The molecule has 2 unspecified atom stereocenters. The van der Waals surface area contributed by atoms with E-state index in [2.05, 4.69) is 64.5 Å². The van der Waals surface area contributed by atoms with E-state index in [1.807, 2.05) is 24.9 Å². The van der Waals surface area contributed by atoms with Crippen LogP contribution in [0.15, 0.2) is 58.6 Å². The fourth-order valence-corrected chi connectivity index (χ4v) is 5.37. The van der Waals surface area contributed by atoms with Crippen LogP contribution in [0.2, 0.25) is 0 Å². The van der Waals surface area contributed by atoms with E-state index in [0.29, 0.717) is 12.4 Å². The highest BCUT2D eigenvalue weighted by molar-refractivity contribution is 6.13. The number of fused-ring (bicyclic) bond motifs is 1. The minimum absolute atomic E-state index is 0.0604. The summed E-state index contributed by atoms with van der Waals surface area (Å²) in [6.45, 7) is 12.6. The van der Waals surface area contributed by atoms with Crippen molar-refractivity contribution in [3.05, 3.63) is 65.2 Å². The second kappa shape index (κ2) is 11.4. The number of carbonyl (C=O) groups is 1. The molecular weight excluding hydrogens is 464 g/mol. The molecule has 1 N–H and O–H groups in total. The monoisotopic (exact) mass is 502 g/mol. The highest BCUT2D eigenvalue weighted by atomic mass is 16.5. The van der Waals surface area contributed by atoms with Gasteiger partial charge in [-0.2, -0.15) is 5.10 Å². The van der Waals surface area contributed by atoms with Crippen LogP contribution in [0.1, 0.15) is 50.3 Å². The van der Waals surface area contributed by atoms with E-state index in [9.17, 15) is 4.79 Å². The van der Waals surface area contributed by atoms with Gasteiger partial charge in [0.2, 0.25) is 0 Å². The topological polar surface area (TPSA) is 72.8 Å². The first-order chi connectivity index (χ1) is 18.1. The van der Waals surface area contributed by atoms with Crippen LogP contribution in [-0.2, 0) is 17.9 Å². The molecule has 1 fully saturated rings. The zero-order valence-electron chi connectivity index (χ0n) is 22.2. The van der Waals surface area contributed by atoms with Crippen molar-refractivity contribution < 1.29 is 9.53 Å². The molecule has 0 aliphatic carbocycles. The molecule has 3 aliphatic heterocycles. The first-order valence-electron chi connectivity index (χ1n) is 13.6. The van der Waals surface area contributed by atoms with Crippen LogP contribution >= 0.6 is 0 Å². The molecule has 8 nitrogen and oxygen atoms in total. The van der Waals surface area contributed by atoms with Crippen LogP contribution in [0.3, 0.4) is 0 Å². The summed E-state index contributed by atoms with van der Waals surface area (Å²) in [5, 5.41) is 9.76. The van der Waals surface area contributed by atoms with Crippen LogP contribution in [0.5, 0.6) is 5.75 Å². The minimum Gasteiger partial charge on any atom is -0.493 e. The Labute approximate surface area is 220 Å². The number of benzene rings is 2. The summed E-state index contributed by atoms with van der Waals surface area (Å²) >= 11 is 0. The van der Waals surface area contributed by atoms with E-state index in [-0.39, 0.29) is 18.0 Å². The van der Waals surface area contributed by atoms with Crippen molar-refractivity contribution in [3.8, 4) is 5.75 Å². The summed E-state index contributed by atoms with van der Waals surface area (Å²) in [7, 11) is 0. The molecular formula is C29H38N6O2. The molecule has 196 valence electrons. The Balaban J connectivity index is 1.31. The Bertz CT molecular complexity index is 1160. The maximum Gasteiger partial charge on any atom is 0.252 e. The number of nitrogens with one attached hydrogen (secondary N) is 1. The molecule has 2 aromatic rings. The number of hydrazone groups is 1. The molecule has 2 atom stereocenters. The van der Waals surface area contributed by atoms with Crippen molar-refractivity contribution >= 4 is 17.6 Å². The third-order valence-electron chi connectivity index (χ3n) is 7.25. The predicted octanol–water partition coefficient (Wildman–Crippen LogP) is 3.47. The van der Waals surface area contributed by atoms with Gasteiger partial charge in [-0.25, -0.2) is 5.01 Å². The summed E-state index contributed by atoms with van der Waals surface area (Å²) in [6, 6.07) is 16.4. The Hall–Kier alpha value is -3.23. The zero-order chi connectivity index (χ0) is 25.8. The average molecular weight is 503 g/mol. The van der Waals surface area contributed by atoms with Gasteiger partial charge in [0.1, 0.15) is 11.6 Å². The quantitative estimate of drug-likeness (QED) is 0.569. The molecule has 3 aliphatic rings. The minimum atomic E-state index is -0.379. The first kappa shape index (κ1) is 25.4. The number of carbonyl (C=O) groups excluding carboxylic acids is 1. The Morgan fingerprint density at radius 1 is 0.973 bits per heavy atom. The van der Waals surface area contributed by atoms with Gasteiger partial charge in [-0.05, 0) is 43.5 Å². The molecule has 5 rings (SSSR count). The zero-order valence-corrected chi connectivity index (χ0v) is 22.2. The number of ether oxygens (including phenoxy) is 1. The summed E-state index contributed by atoms with van der Waals surface area (Å²) in [4.78, 5) is 22.8. The van der Waals surface area contributed by atoms with Gasteiger partial charge in [0.25, 0.3) is 5.91 Å². The number of piperazine rings is 1. The number of amidine groups is 2. The number of nitrogens with zero attached hydrogens (tertiary/aromatic N) is 5. The van der Waals surface area contributed by atoms with Crippen molar-refractivity contribution in [3.63, 3.8) is 0 Å². The molecule has 0 spiro atoms. The lowest BCUT2D eigenvalue weighted by Crippen LogP contribution is -2.54. The number of hydrogen-bond acceptors (Lipinski definition) is 7. The Kier molecular flexibility index (Phi) is 7.86. The van der Waals surface area contributed by atoms with Crippen molar-refractivity contribution in [1.29, 1.82) is 0 Å². The van der Waals surface area contributed by atoms with Crippen molar-refractivity contribution in [1.82, 2.24) is 20.1 Å². The van der Waals surface area contributed by atoms with Gasteiger partial charge >= 0.3 is 0 Å². The van der Waals surface area contributed by atoms with Crippen molar-refractivity contribution in [2.45, 2.75) is 58.8 Å². The van der Waals surface area contributed by atoms with E-state index in [0.717, 1.165) is 69.3 Å². The number of amides is 1. The van der Waals surface area contributed by atoms with Gasteiger partial charge in [0, 0.05) is 45.7 Å². The number of aliphatic imine (C=N–C) groups is 1.